The van der Waals surface area contributed by atoms with Gasteiger partial charge in [0.25, 0.3) is 0 Å². The first kappa shape index (κ1) is 24.8. The maximum Gasteiger partial charge on any atom is 0.349 e. The molecule has 1 aliphatic carbocycles. The second kappa shape index (κ2) is 11.0. The van der Waals surface area contributed by atoms with E-state index in [-0.39, 0.29) is 12.1 Å². The molecule has 0 atom stereocenters. The van der Waals surface area contributed by atoms with Gasteiger partial charge in [-0.25, -0.2) is 9.80 Å². The number of hydrogen-bond acceptors (Lipinski definition) is 4. The highest BCUT2D eigenvalue weighted by molar-refractivity contribution is 6.14. The first-order chi connectivity index (χ1) is 18.0. The highest BCUT2D eigenvalue weighted by Crippen LogP contribution is 2.39. The second-order valence-corrected chi connectivity index (χ2v) is 10.0. The fourth-order valence-corrected chi connectivity index (χ4v) is 5.13. The predicted molar refractivity (Wildman–Crippen MR) is 147 cm³/mol. The number of ether oxygens (including phenoxy) is 1. The normalized spacial score (nSPS) is 16.3. The van der Waals surface area contributed by atoms with E-state index in [2.05, 4.69) is 0 Å². The Balaban J connectivity index is 1.62. The molecule has 3 aromatic carbocycles. The van der Waals surface area contributed by atoms with Crippen LogP contribution in [0.25, 0.3) is 0 Å². The van der Waals surface area contributed by atoms with Gasteiger partial charge in [0.15, 0.2) is 0 Å². The van der Waals surface area contributed by atoms with Crippen LogP contribution in [0.4, 0.5) is 16.2 Å². The highest BCUT2D eigenvalue weighted by atomic mass is 16.5. The molecule has 2 amide bonds. The van der Waals surface area contributed by atoms with Crippen LogP contribution >= 0.6 is 0 Å². The summed E-state index contributed by atoms with van der Waals surface area (Å²) in [4.78, 5) is 27.0. The number of urea groups is 1. The standard InChI is InChI=1S/C31H33N3O3/c1-22(2)34-31(36)33(26-15-13-23(20-35)14-16-26)29-19-27(37-21-24-9-5-3-6-10-24)17-18-28(29)30(32-34)25-11-7-4-8-12-25/h3,5-6,9-10,13-20,22,25H,4,7-8,11-12,21H2,1-2H3. The van der Waals surface area contributed by atoms with E-state index in [1.807, 2.05) is 74.5 Å². The van der Waals surface area contributed by atoms with Gasteiger partial charge in [0.05, 0.1) is 23.1 Å². The van der Waals surface area contributed by atoms with Gasteiger partial charge in [0, 0.05) is 23.1 Å². The van der Waals surface area contributed by atoms with Crippen molar-refractivity contribution in [3.63, 3.8) is 0 Å². The van der Waals surface area contributed by atoms with E-state index in [1.165, 1.54) is 19.3 Å². The van der Waals surface area contributed by atoms with Gasteiger partial charge in [-0.1, -0.05) is 49.6 Å². The van der Waals surface area contributed by atoms with Gasteiger partial charge in [-0.2, -0.15) is 5.10 Å². The minimum absolute atomic E-state index is 0.119. The van der Waals surface area contributed by atoms with Crippen LogP contribution < -0.4 is 9.64 Å². The molecule has 0 saturated heterocycles. The Bertz CT molecular complexity index is 1280. The van der Waals surface area contributed by atoms with E-state index in [0.29, 0.717) is 29.5 Å². The zero-order chi connectivity index (χ0) is 25.8. The van der Waals surface area contributed by atoms with Gasteiger partial charge in [0.2, 0.25) is 0 Å². The summed E-state index contributed by atoms with van der Waals surface area (Å²) in [6.07, 6.45) is 6.53. The summed E-state index contributed by atoms with van der Waals surface area (Å²) in [5, 5.41) is 6.61. The summed E-state index contributed by atoms with van der Waals surface area (Å²) in [5.74, 6) is 0.987. The smallest absolute Gasteiger partial charge is 0.349 e. The van der Waals surface area contributed by atoms with Crippen molar-refractivity contribution in [2.75, 3.05) is 4.90 Å². The number of carbonyl (C=O) groups is 2. The lowest BCUT2D eigenvalue weighted by Gasteiger charge is -2.28. The van der Waals surface area contributed by atoms with Gasteiger partial charge >= 0.3 is 6.03 Å². The number of carbonyl (C=O) groups excluding carboxylic acids is 2. The molecule has 1 fully saturated rings. The van der Waals surface area contributed by atoms with Gasteiger partial charge in [0.1, 0.15) is 18.6 Å². The average molecular weight is 496 g/mol. The molecular formula is C31H33N3O3. The quantitative estimate of drug-likeness (QED) is 0.322. The average Bonchev–Trinajstić information content (AvgIpc) is 3.06. The number of rotatable bonds is 7. The Kier molecular flexibility index (Phi) is 7.35. The number of aldehydes is 1. The number of fused-ring (bicyclic) bond motifs is 1. The van der Waals surface area contributed by atoms with Crippen molar-refractivity contribution < 1.29 is 14.3 Å². The van der Waals surface area contributed by atoms with Crippen LogP contribution in [0.5, 0.6) is 5.75 Å². The van der Waals surface area contributed by atoms with Crippen LogP contribution in [0.15, 0.2) is 77.9 Å². The molecule has 3 aromatic rings. The van der Waals surface area contributed by atoms with Gasteiger partial charge < -0.3 is 4.74 Å². The predicted octanol–water partition coefficient (Wildman–Crippen LogP) is 7.34. The molecule has 0 aromatic heterocycles. The highest BCUT2D eigenvalue weighted by Gasteiger charge is 2.35. The maximum absolute atomic E-state index is 14.1. The van der Waals surface area contributed by atoms with E-state index < -0.39 is 0 Å². The molecule has 1 aliphatic heterocycles. The van der Waals surface area contributed by atoms with E-state index in [4.69, 9.17) is 9.84 Å². The van der Waals surface area contributed by atoms with Crippen molar-refractivity contribution in [1.29, 1.82) is 0 Å². The van der Waals surface area contributed by atoms with Crippen molar-refractivity contribution in [1.82, 2.24) is 5.01 Å². The Morgan fingerprint density at radius 3 is 2.38 bits per heavy atom. The van der Waals surface area contributed by atoms with Crippen LogP contribution in [0.2, 0.25) is 0 Å². The van der Waals surface area contributed by atoms with Crippen LogP contribution in [0.1, 0.15) is 67.4 Å². The summed E-state index contributed by atoms with van der Waals surface area (Å²) < 4.78 is 6.17. The summed E-state index contributed by atoms with van der Waals surface area (Å²) in [6, 6.07) is 22.8. The molecule has 37 heavy (non-hydrogen) atoms. The Labute approximate surface area is 218 Å². The number of hydrogen-bond donors (Lipinski definition) is 0. The van der Waals surface area contributed by atoms with Gasteiger partial charge in [-0.3, -0.25) is 9.69 Å². The van der Waals surface area contributed by atoms with Crippen LogP contribution in [0, 0.1) is 5.92 Å². The van der Waals surface area contributed by atoms with Crippen molar-refractivity contribution in [3.05, 3.63) is 89.5 Å². The summed E-state index contributed by atoms with van der Waals surface area (Å²) >= 11 is 0. The van der Waals surface area contributed by atoms with Crippen molar-refractivity contribution in [2.45, 2.75) is 58.6 Å². The number of hydrazone groups is 1. The SMILES string of the molecule is CC(C)N1N=C(C2CCCCC2)c2ccc(OCc3ccccc3)cc2N(c2ccc(C=O)cc2)C1=O. The fourth-order valence-electron chi connectivity index (χ4n) is 5.13. The third-order valence-electron chi connectivity index (χ3n) is 7.11. The van der Waals surface area contributed by atoms with Crippen LogP contribution in [-0.2, 0) is 6.61 Å². The summed E-state index contributed by atoms with van der Waals surface area (Å²) in [5.41, 5.74) is 4.99. The third-order valence-corrected chi connectivity index (χ3v) is 7.11. The number of nitrogens with zero attached hydrogens (tertiary/aromatic N) is 3. The molecule has 0 N–H and O–H groups in total. The molecule has 0 radical (unpaired) electrons. The zero-order valence-corrected chi connectivity index (χ0v) is 21.5. The minimum Gasteiger partial charge on any atom is -0.489 e. The van der Waals surface area contributed by atoms with Gasteiger partial charge in [-0.15, -0.1) is 0 Å². The lowest BCUT2D eigenvalue weighted by molar-refractivity contribution is 0.112. The van der Waals surface area contributed by atoms with E-state index in [9.17, 15) is 9.59 Å². The topological polar surface area (TPSA) is 62.2 Å². The molecule has 6 nitrogen and oxygen atoms in total. The Morgan fingerprint density at radius 1 is 0.973 bits per heavy atom. The largest absolute Gasteiger partial charge is 0.489 e. The van der Waals surface area contributed by atoms with Crippen molar-refractivity contribution in [2.24, 2.45) is 11.0 Å². The van der Waals surface area contributed by atoms with E-state index >= 15 is 0 Å². The third kappa shape index (κ3) is 5.29. The first-order valence-electron chi connectivity index (χ1n) is 13.1. The van der Waals surface area contributed by atoms with E-state index in [0.717, 1.165) is 41.7 Å². The number of amides is 2. The van der Waals surface area contributed by atoms with Crippen LogP contribution in [-0.4, -0.2) is 29.1 Å². The van der Waals surface area contributed by atoms with Crippen molar-refractivity contribution >= 4 is 29.4 Å². The monoisotopic (exact) mass is 495 g/mol. The second-order valence-electron chi connectivity index (χ2n) is 10.0. The molecule has 0 bridgehead atoms. The van der Waals surface area contributed by atoms with Crippen LogP contribution in [0.3, 0.4) is 0 Å². The van der Waals surface area contributed by atoms with Gasteiger partial charge in [-0.05, 0) is 68.7 Å². The molecule has 2 aliphatic rings. The summed E-state index contributed by atoms with van der Waals surface area (Å²) in [7, 11) is 0. The molecule has 0 unspecified atom stereocenters. The van der Waals surface area contributed by atoms with Crippen molar-refractivity contribution in [3.8, 4) is 5.75 Å². The summed E-state index contributed by atoms with van der Waals surface area (Å²) in [6.45, 7) is 4.40. The first-order valence-corrected chi connectivity index (χ1v) is 13.1. The molecule has 0 spiro atoms. The lowest BCUT2D eigenvalue weighted by Crippen LogP contribution is -2.41. The molecule has 1 saturated carbocycles. The fraction of sp³-hybridized carbons (Fsp3) is 0.323. The zero-order valence-electron chi connectivity index (χ0n) is 21.5. The molecule has 5 rings (SSSR count). The minimum atomic E-state index is -0.221. The Morgan fingerprint density at radius 2 is 1.70 bits per heavy atom. The Hall–Kier alpha value is -3.93. The molecule has 1 heterocycles. The maximum atomic E-state index is 14.1. The molecular weight excluding hydrogens is 462 g/mol. The lowest BCUT2D eigenvalue weighted by atomic mass is 9.83. The molecule has 6 heteroatoms. The number of benzene rings is 3. The molecule has 190 valence electrons. The van der Waals surface area contributed by atoms with E-state index in [1.54, 1.807) is 22.0 Å². The number of anilines is 2.